The fraction of sp³-hybridized carbons (Fsp3) is 0.455. The Morgan fingerprint density at radius 2 is 1.24 bits per heavy atom. The molecule has 0 radical (unpaired) electrons. The molecule has 2 spiro atoms. The van der Waals surface area contributed by atoms with Crippen molar-refractivity contribution in [3.63, 3.8) is 0 Å². The minimum absolute atomic E-state index is 0.0165. The highest BCUT2D eigenvalue weighted by Crippen LogP contribution is 2.52. The summed E-state index contributed by atoms with van der Waals surface area (Å²) in [5, 5.41) is 47.6. The predicted octanol–water partition coefficient (Wildman–Crippen LogP) is 7.43. The third-order valence-corrected chi connectivity index (χ3v) is 12.5. The molecule has 14 heteroatoms. The van der Waals surface area contributed by atoms with Gasteiger partial charge in [-0.05, 0) is 125 Å². The number of ether oxygens (including phenoxy) is 3. The number of nitrogens with one attached hydrogen (secondary N) is 2. The molecule has 58 heavy (non-hydrogen) atoms. The van der Waals surface area contributed by atoms with Crippen LogP contribution in [0, 0.1) is 44.6 Å². The average Bonchev–Trinajstić information content (AvgIpc) is 4.12. The van der Waals surface area contributed by atoms with Crippen molar-refractivity contribution in [2.24, 2.45) is 10.8 Å². The molecule has 2 aliphatic heterocycles. The maximum atomic E-state index is 15.3. The van der Waals surface area contributed by atoms with Crippen LogP contribution in [0.4, 0.5) is 28.9 Å². The van der Waals surface area contributed by atoms with Crippen molar-refractivity contribution in [2.75, 3.05) is 44.0 Å². The maximum Gasteiger partial charge on any atom is 0.170 e. The lowest BCUT2D eigenvalue weighted by atomic mass is 9.94. The third kappa shape index (κ3) is 9.78. The lowest BCUT2D eigenvalue weighted by Crippen LogP contribution is -2.36. The summed E-state index contributed by atoms with van der Waals surface area (Å²) in [6.07, 6.45) is 1.07. The molecule has 2 heterocycles. The van der Waals surface area contributed by atoms with Crippen LogP contribution in [0.5, 0.6) is 17.2 Å². The molecule has 4 aromatic rings. The number of fused-ring (bicyclic) bond motifs is 2. The first-order valence-electron chi connectivity index (χ1n) is 19.5. The van der Waals surface area contributed by atoms with Crippen LogP contribution in [-0.2, 0) is 12.8 Å². The lowest BCUT2D eigenvalue weighted by molar-refractivity contribution is -0.0212. The van der Waals surface area contributed by atoms with Gasteiger partial charge < -0.3 is 45.3 Å². The molecule has 4 atom stereocenters. The predicted molar refractivity (Wildman–Crippen MR) is 220 cm³/mol. The Labute approximate surface area is 348 Å². The zero-order valence-electron chi connectivity index (χ0n) is 32.4. The van der Waals surface area contributed by atoms with Gasteiger partial charge in [0.05, 0.1) is 30.7 Å². The Morgan fingerprint density at radius 3 is 1.81 bits per heavy atom. The number of hydrogen-bond acceptors (Lipinski definition) is 9. The highest BCUT2D eigenvalue weighted by molar-refractivity contribution is 14.1. The van der Waals surface area contributed by atoms with E-state index in [9.17, 15) is 33.6 Å². The largest absolute Gasteiger partial charge is 0.494 e. The number of anilines is 2. The molecule has 4 aliphatic rings. The summed E-state index contributed by atoms with van der Waals surface area (Å²) in [7, 11) is 1.35. The van der Waals surface area contributed by atoms with Crippen molar-refractivity contribution in [3.05, 3.63) is 109 Å². The quantitative estimate of drug-likeness (QED) is 0.0895. The smallest absolute Gasteiger partial charge is 0.170 e. The van der Waals surface area contributed by atoms with Crippen LogP contribution in [-0.4, -0.2) is 78.3 Å². The zero-order chi connectivity index (χ0) is 41.4. The minimum atomic E-state index is -1.05. The van der Waals surface area contributed by atoms with Crippen molar-refractivity contribution in [2.45, 2.75) is 82.7 Å². The molecular weight excluding hydrogens is 871 g/mol. The van der Waals surface area contributed by atoms with E-state index < -0.39 is 41.9 Å². The number of hydrogen-bond donors (Lipinski definition) is 6. The molecule has 4 unspecified atom stereocenters. The number of benzene rings is 4. The Morgan fingerprint density at radius 1 is 0.690 bits per heavy atom. The molecule has 4 aromatic carbocycles. The van der Waals surface area contributed by atoms with Crippen molar-refractivity contribution >= 4 is 34.0 Å². The summed E-state index contributed by atoms with van der Waals surface area (Å²) in [6, 6.07) is 13.9. The Kier molecular flexibility index (Phi) is 12.7. The van der Waals surface area contributed by atoms with Crippen molar-refractivity contribution in [1.82, 2.24) is 0 Å². The Bertz CT molecular complexity index is 2130. The second-order valence-electron chi connectivity index (χ2n) is 16.4. The molecule has 6 N–H and O–H groups in total. The van der Waals surface area contributed by atoms with E-state index in [1.54, 1.807) is 18.2 Å². The molecule has 312 valence electrons. The van der Waals surface area contributed by atoms with Crippen molar-refractivity contribution in [3.8, 4) is 17.2 Å². The number of aliphatic hydroxyl groups excluding tert-OH is 4. The number of rotatable bonds is 5. The Balaban J connectivity index is 0.000000177. The van der Waals surface area contributed by atoms with Crippen LogP contribution in [0.25, 0.3) is 0 Å². The van der Waals surface area contributed by atoms with Gasteiger partial charge in [0, 0.05) is 47.2 Å². The topological polar surface area (TPSA) is 133 Å². The maximum absolute atomic E-state index is 15.3. The molecule has 0 aromatic heterocycles. The molecule has 0 bridgehead atoms. The first-order chi connectivity index (χ1) is 27.7. The summed E-state index contributed by atoms with van der Waals surface area (Å²) in [5.41, 5.74) is 3.35. The summed E-state index contributed by atoms with van der Waals surface area (Å²) in [4.78, 5) is 0. The monoisotopic (exact) mass is 920 g/mol. The average molecular weight is 921 g/mol. The van der Waals surface area contributed by atoms with Crippen LogP contribution >= 0.6 is 22.6 Å². The standard InChI is InChI=1S/C22H24F2INO4.C22H25F2NO3/c1-29-18-8-19-21(14(20(18)24)6-12-2-3-13(25)7-15(12)23)26-11-22(4-5-22)9-16(27)17(28)10-30-19;1-13-2-3-14(17(24)6-13)7-15-8-16(23)9-20-21(15)25-12-22(4-5-22)10-18(26)19(27)11-28-20/h2-3,7-8,16-17,26-28H,4-6,9-11H2,1H3;2-3,6,8-9,18-19,25-27H,4-5,7,10-12H2,1H3. The number of methoxy groups -OCH3 is 1. The highest BCUT2D eigenvalue weighted by Gasteiger charge is 2.46. The van der Waals surface area contributed by atoms with E-state index in [-0.39, 0.29) is 59.8 Å². The third-order valence-electron chi connectivity index (χ3n) is 11.8. The molecule has 8 rings (SSSR count). The summed E-state index contributed by atoms with van der Waals surface area (Å²) in [5.74, 6) is -1.25. The molecule has 2 fully saturated rings. The number of aryl methyl sites for hydroxylation is 1. The van der Waals surface area contributed by atoms with Gasteiger partial charge in [0.25, 0.3) is 0 Å². The summed E-state index contributed by atoms with van der Waals surface area (Å²) < 4.78 is 75.7. The van der Waals surface area contributed by atoms with Gasteiger partial charge in [0.1, 0.15) is 54.4 Å². The van der Waals surface area contributed by atoms with Crippen LogP contribution in [0.15, 0.2) is 54.6 Å². The summed E-state index contributed by atoms with van der Waals surface area (Å²) >= 11 is 2.03. The van der Waals surface area contributed by atoms with E-state index in [1.807, 2.05) is 35.6 Å². The van der Waals surface area contributed by atoms with Gasteiger partial charge in [-0.15, -0.1) is 0 Å². The zero-order valence-corrected chi connectivity index (χ0v) is 34.6. The number of aliphatic hydroxyl groups is 4. The van der Waals surface area contributed by atoms with E-state index in [1.165, 1.54) is 37.4 Å². The molecule has 9 nitrogen and oxygen atoms in total. The van der Waals surface area contributed by atoms with Gasteiger partial charge in [-0.2, -0.15) is 0 Å². The van der Waals surface area contributed by atoms with Crippen LogP contribution < -0.4 is 24.8 Å². The first-order valence-corrected chi connectivity index (χ1v) is 20.6. The molecule has 2 aliphatic carbocycles. The van der Waals surface area contributed by atoms with Crippen LogP contribution in [0.2, 0.25) is 0 Å². The second-order valence-corrected chi connectivity index (χ2v) is 17.6. The lowest BCUT2D eigenvalue weighted by Gasteiger charge is -2.28. The second kappa shape index (κ2) is 17.4. The summed E-state index contributed by atoms with van der Waals surface area (Å²) in [6.45, 7) is 2.64. The van der Waals surface area contributed by atoms with E-state index >= 15 is 4.39 Å². The minimum Gasteiger partial charge on any atom is -0.494 e. The normalized spacial score (nSPS) is 23.0. The molecular formula is C44H49F4IN2O7. The van der Waals surface area contributed by atoms with E-state index in [4.69, 9.17) is 14.2 Å². The fourth-order valence-electron chi connectivity index (χ4n) is 7.77. The fourth-order valence-corrected chi connectivity index (χ4v) is 8.23. The van der Waals surface area contributed by atoms with Gasteiger partial charge in [-0.1, -0.05) is 18.2 Å². The highest BCUT2D eigenvalue weighted by atomic mass is 127. The van der Waals surface area contributed by atoms with E-state index in [0.717, 1.165) is 34.8 Å². The van der Waals surface area contributed by atoms with Gasteiger partial charge in [0.2, 0.25) is 0 Å². The molecule has 2 saturated carbocycles. The van der Waals surface area contributed by atoms with Crippen molar-refractivity contribution < 1.29 is 52.2 Å². The van der Waals surface area contributed by atoms with Gasteiger partial charge in [0.15, 0.2) is 11.6 Å². The first kappa shape index (κ1) is 42.3. The van der Waals surface area contributed by atoms with Gasteiger partial charge in [-0.25, -0.2) is 17.6 Å². The molecule has 0 amide bonds. The van der Waals surface area contributed by atoms with Gasteiger partial charge >= 0.3 is 0 Å². The van der Waals surface area contributed by atoms with E-state index in [0.29, 0.717) is 59.7 Å². The molecule has 0 saturated heterocycles. The number of halogens is 5. The van der Waals surface area contributed by atoms with E-state index in [2.05, 4.69) is 10.6 Å². The van der Waals surface area contributed by atoms with Crippen LogP contribution in [0.3, 0.4) is 0 Å². The van der Waals surface area contributed by atoms with Crippen LogP contribution in [0.1, 0.15) is 66.3 Å². The van der Waals surface area contributed by atoms with Crippen molar-refractivity contribution in [1.29, 1.82) is 0 Å². The SMILES string of the molecule is COc1cc2c(c(Cc3ccc(I)cc3F)c1F)NCC1(CC1)CC(O)C(O)CO2.Cc1ccc(Cc2cc(F)cc3c2NCC2(CC2)CC(O)C(O)CO3)c(F)c1. The van der Waals surface area contributed by atoms with Gasteiger partial charge in [-0.3, -0.25) is 0 Å². The Hall–Kier alpha value is -3.83.